The van der Waals surface area contributed by atoms with E-state index in [0.717, 1.165) is 17.6 Å². The fourth-order valence-corrected chi connectivity index (χ4v) is 2.94. The lowest BCUT2D eigenvalue weighted by Crippen LogP contribution is -2.12. The van der Waals surface area contributed by atoms with Crippen molar-refractivity contribution in [2.45, 2.75) is 6.92 Å². The Morgan fingerprint density at radius 2 is 1.81 bits per heavy atom. The Bertz CT molecular complexity index is 766. The van der Waals surface area contributed by atoms with Gasteiger partial charge in [0, 0.05) is 11.4 Å². The van der Waals surface area contributed by atoms with E-state index >= 15 is 0 Å². The first-order chi connectivity index (χ1) is 9.74. The molecule has 0 atom stereocenters. The fourth-order valence-electron chi connectivity index (χ4n) is 1.65. The summed E-state index contributed by atoms with van der Waals surface area (Å²) in [6, 6.07) is 6.32. The summed E-state index contributed by atoms with van der Waals surface area (Å²) >= 11 is 1.12. The number of amides is 1. The number of nitrogens with zero attached hydrogens (tertiary/aromatic N) is 1. The fraction of sp³-hybridized carbons (Fsp3) is 0.167. The third-order valence-electron chi connectivity index (χ3n) is 2.47. The number of sulfonamides is 1. The minimum absolute atomic E-state index is 0.300. The minimum Gasteiger partial charge on any atom is -0.375 e. The summed E-state index contributed by atoms with van der Waals surface area (Å²) in [5.41, 5.74) is 7.10. The molecule has 7 nitrogen and oxygen atoms in total. The number of hydrogen-bond donors (Lipinski definition) is 3. The number of nitrogens with one attached hydrogen (secondary N) is 2. The van der Waals surface area contributed by atoms with Gasteiger partial charge in [0.2, 0.25) is 10.0 Å². The average molecular weight is 326 g/mol. The maximum Gasteiger partial charge on any atom is 0.267 e. The zero-order valence-corrected chi connectivity index (χ0v) is 13.0. The molecule has 2 rings (SSSR count). The third-order valence-corrected chi connectivity index (χ3v) is 4.06. The summed E-state index contributed by atoms with van der Waals surface area (Å²) in [5, 5.41) is 3.04. The molecule has 112 valence electrons. The number of rotatable bonds is 4. The molecule has 2 aromatic rings. The van der Waals surface area contributed by atoms with Crippen molar-refractivity contribution in [3.8, 4) is 0 Å². The van der Waals surface area contributed by atoms with Crippen molar-refractivity contribution < 1.29 is 13.2 Å². The SMILES string of the molecule is Cc1nc(N)sc1C(=O)Nc1ccc(NS(C)(=O)=O)cc1. The maximum absolute atomic E-state index is 12.1. The Balaban J connectivity index is 2.10. The van der Waals surface area contributed by atoms with Gasteiger partial charge < -0.3 is 11.1 Å². The van der Waals surface area contributed by atoms with Gasteiger partial charge in [-0.3, -0.25) is 9.52 Å². The van der Waals surface area contributed by atoms with Gasteiger partial charge in [-0.1, -0.05) is 11.3 Å². The van der Waals surface area contributed by atoms with Crippen LogP contribution in [0.5, 0.6) is 0 Å². The van der Waals surface area contributed by atoms with Crippen LogP contribution in [0, 0.1) is 6.92 Å². The van der Waals surface area contributed by atoms with Gasteiger partial charge in [-0.2, -0.15) is 0 Å². The molecule has 0 saturated heterocycles. The molecule has 9 heteroatoms. The van der Waals surface area contributed by atoms with Gasteiger partial charge >= 0.3 is 0 Å². The number of anilines is 3. The highest BCUT2D eigenvalue weighted by atomic mass is 32.2. The molecule has 1 aromatic heterocycles. The molecule has 0 radical (unpaired) electrons. The van der Waals surface area contributed by atoms with Gasteiger partial charge in [0.25, 0.3) is 5.91 Å². The zero-order valence-electron chi connectivity index (χ0n) is 11.4. The molecule has 21 heavy (non-hydrogen) atoms. The molecule has 0 saturated carbocycles. The second kappa shape index (κ2) is 5.70. The Kier molecular flexibility index (Phi) is 4.14. The first-order valence-electron chi connectivity index (χ1n) is 5.87. The lowest BCUT2D eigenvalue weighted by atomic mass is 10.3. The van der Waals surface area contributed by atoms with Crippen molar-refractivity contribution in [2.75, 3.05) is 22.0 Å². The Hall–Kier alpha value is -2.13. The molecule has 0 unspecified atom stereocenters. The van der Waals surface area contributed by atoms with Crippen LogP contribution in [0.3, 0.4) is 0 Å². The van der Waals surface area contributed by atoms with Crippen molar-refractivity contribution in [2.24, 2.45) is 0 Å². The summed E-state index contributed by atoms with van der Waals surface area (Å²) in [6.45, 7) is 1.71. The molecule has 4 N–H and O–H groups in total. The number of hydrogen-bond acceptors (Lipinski definition) is 6. The molecule has 0 fully saturated rings. The predicted molar refractivity (Wildman–Crippen MR) is 84.1 cm³/mol. The van der Waals surface area contributed by atoms with Crippen LogP contribution in [-0.2, 0) is 10.0 Å². The summed E-state index contributed by atoms with van der Waals surface area (Å²) in [5.74, 6) is -0.300. The van der Waals surface area contributed by atoms with Crippen LogP contribution in [0.4, 0.5) is 16.5 Å². The lowest BCUT2D eigenvalue weighted by molar-refractivity contribution is 0.103. The summed E-state index contributed by atoms with van der Waals surface area (Å²) in [7, 11) is -3.32. The molecule has 1 heterocycles. The molecule has 0 aliphatic heterocycles. The van der Waals surface area contributed by atoms with Gasteiger partial charge in [0.05, 0.1) is 11.9 Å². The van der Waals surface area contributed by atoms with Crippen LogP contribution in [0.1, 0.15) is 15.4 Å². The lowest BCUT2D eigenvalue weighted by Gasteiger charge is -2.07. The monoisotopic (exact) mass is 326 g/mol. The van der Waals surface area contributed by atoms with E-state index in [2.05, 4.69) is 15.0 Å². The van der Waals surface area contributed by atoms with Crippen molar-refractivity contribution >= 4 is 43.8 Å². The molecule has 0 aliphatic carbocycles. The molecule has 1 aromatic carbocycles. The highest BCUT2D eigenvalue weighted by Gasteiger charge is 2.14. The molecular formula is C12H14N4O3S2. The van der Waals surface area contributed by atoms with Crippen molar-refractivity contribution in [1.82, 2.24) is 4.98 Å². The van der Waals surface area contributed by atoms with Crippen LogP contribution in [0.15, 0.2) is 24.3 Å². The van der Waals surface area contributed by atoms with E-state index in [1.54, 1.807) is 31.2 Å². The van der Waals surface area contributed by atoms with Gasteiger partial charge in [-0.05, 0) is 31.2 Å². The van der Waals surface area contributed by atoms with E-state index in [1.165, 1.54) is 0 Å². The number of nitrogen functional groups attached to an aromatic ring is 1. The van der Waals surface area contributed by atoms with Crippen LogP contribution in [-0.4, -0.2) is 25.6 Å². The third kappa shape index (κ3) is 4.17. The highest BCUT2D eigenvalue weighted by Crippen LogP contribution is 2.21. The average Bonchev–Trinajstić information content (AvgIpc) is 2.69. The maximum atomic E-state index is 12.1. The molecular weight excluding hydrogens is 312 g/mol. The molecule has 0 bridgehead atoms. The van der Waals surface area contributed by atoms with E-state index in [1.807, 2.05) is 0 Å². The van der Waals surface area contributed by atoms with Gasteiger partial charge in [-0.15, -0.1) is 0 Å². The highest BCUT2D eigenvalue weighted by molar-refractivity contribution is 7.92. The summed E-state index contributed by atoms with van der Waals surface area (Å²) < 4.78 is 24.5. The second-order valence-corrected chi connectivity index (χ2v) is 7.15. The first-order valence-corrected chi connectivity index (χ1v) is 8.57. The predicted octanol–water partition coefficient (Wildman–Crippen LogP) is 1.66. The Labute approximate surface area is 126 Å². The zero-order chi connectivity index (χ0) is 15.6. The van der Waals surface area contributed by atoms with E-state index in [0.29, 0.717) is 27.1 Å². The smallest absolute Gasteiger partial charge is 0.267 e. The van der Waals surface area contributed by atoms with Crippen LogP contribution >= 0.6 is 11.3 Å². The molecule has 1 amide bonds. The van der Waals surface area contributed by atoms with Gasteiger partial charge in [0.1, 0.15) is 4.88 Å². The number of thiazole rings is 1. The molecule has 0 aliphatic rings. The Morgan fingerprint density at radius 3 is 2.29 bits per heavy atom. The van der Waals surface area contributed by atoms with Crippen LogP contribution < -0.4 is 15.8 Å². The number of nitrogens with two attached hydrogens (primary N) is 1. The van der Waals surface area contributed by atoms with E-state index in [9.17, 15) is 13.2 Å². The van der Waals surface area contributed by atoms with Crippen LogP contribution in [0.2, 0.25) is 0 Å². The number of benzene rings is 1. The standard InChI is InChI=1S/C12H14N4O3S2/c1-7-10(20-12(13)14-7)11(17)15-8-3-5-9(6-4-8)16-21(2,18)19/h3-6,16H,1-2H3,(H2,13,14)(H,15,17). The second-order valence-electron chi connectivity index (χ2n) is 4.37. The minimum atomic E-state index is -3.32. The normalized spacial score (nSPS) is 11.1. The quantitative estimate of drug-likeness (QED) is 0.790. The largest absolute Gasteiger partial charge is 0.375 e. The van der Waals surface area contributed by atoms with Crippen molar-refractivity contribution in [1.29, 1.82) is 0 Å². The number of carbonyl (C=O) groups excluding carboxylic acids is 1. The van der Waals surface area contributed by atoms with Gasteiger partial charge in [0.15, 0.2) is 5.13 Å². The molecule has 0 spiro atoms. The number of carbonyl (C=O) groups is 1. The van der Waals surface area contributed by atoms with Crippen LogP contribution in [0.25, 0.3) is 0 Å². The first kappa shape index (κ1) is 15.3. The van der Waals surface area contributed by atoms with E-state index in [4.69, 9.17) is 5.73 Å². The van der Waals surface area contributed by atoms with Gasteiger partial charge in [-0.25, -0.2) is 13.4 Å². The number of aromatic nitrogens is 1. The van der Waals surface area contributed by atoms with Crippen molar-refractivity contribution in [3.05, 3.63) is 34.8 Å². The summed E-state index contributed by atoms with van der Waals surface area (Å²) in [6.07, 6.45) is 1.07. The van der Waals surface area contributed by atoms with Crippen molar-refractivity contribution in [3.63, 3.8) is 0 Å². The number of aryl methyl sites for hydroxylation is 1. The van der Waals surface area contributed by atoms with E-state index in [-0.39, 0.29) is 5.91 Å². The summed E-state index contributed by atoms with van der Waals surface area (Å²) in [4.78, 5) is 16.5. The van der Waals surface area contributed by atoms with E-state index < -0.39 is 10.0 Å². The Morgan fingerprint density at radius 1 is 1.24 bits per heavy atom. The topological polar surface area (TPSA) is 114 Å².